The average molecular weight is 334 g/mol. The van der Waals surface area contributed by atoms with Crippen molar-refractivity contribution < 1.29 is 16.8 Å². The summed E-state index contributed by atoms with van der Waals surface area (Å²) in [5.41, 5.74) is 0.754. The highest BCUT2D eigenvalue weighted by Gasteiger charge is 2.19. The maximum atomic E-state index is 12.1. The number of anilines is 1. The Bertz CT molecular complexity index is 717. The van der Waals surface area contributed by atoms with E-state index in [1.807, 2.05) is 20.8 Å². The topological polar surface area (TPSA) is 106 Å². The van der Waals surface area contributed by atoms with Crippen LogP contribution in [0.4, 0.5) is 5.69 Å². The van der Waals surface area contributed by atoms with Crippen LogP contribution < -0.4 is 9.86 Å². The molecule has 0 fully saturated rings. The predicted molar refractivity (Wildman–Crippen MR) is 84.0 cm³/mol. The third-order valence-corrected chi connectivity index (χ3v) is 5.11. The SMILES string of the molecule is Cc1ccc(S(N)(=O)=O)cc1NS(=O)(=O)CCC(C)(C)C. The van der Waals surface area contributed by atoms with Gasteiger partial charge in [-0.3, -0.25) is 4.72 Å². The van der Waals surface area contributed by atoms with Crippen LogP contribution in [0.15, 0.2) is 23.1 Å². The first-order valence-electron chi connectivity index (χ1n) is 6.44. The molecule has 0 aliphatic rings. The number of nitrogens with two attached hydrogens (primary N) is 1. The normalized spacial score (nSPS) is 13.2. The van der Waals surface area contributed by atoms with Crippen molar-refractivity contribution >= 4 is 25.7 Å². The van der Waals surface area contributed by atoms with E-state index >= 15 is 0 Å². The first kappa shape index (κ1) is 17.9. The highest BCUT2D eigenvalue weighted by Crippen LogP contribution is 2.23. The molecule has 1 rings (SSSR count). The van der Waals surface area contributed by atoms with E-state index in [-0.39, 0.29) is 21.8 Å². The van der Waals surface area contributed by atoms with E-state index in [4.69, 9.17) is 5.14 Å². The van der Waals surface area contributed by atoms with Gasteiger partial charge >= 0.3 is 0 Å². The molecule has 0 spiro atoms. The van der Waals surface area contributed by atoms with Crippen LogP contribution in [0.1, 0.15) is 32.8 Å². The number of sulfonamides is 2. The van der Waals surface area contributed by atoms with E-state index in [1.165, 1.54) is 18.2 Å². The van der Waals surface area contributed by atoms with Crippen LogP contribution in [0.3, 0.4) is 0 Å². The van der Waals surface area contributed by atoms with Crippen LogP contribution in [-0.4, -0.2) is 22.6 Å². The van der Waals surface area contributed by atoms with Gasteiger partial charge in [-0.2, -0.15) is 0 Å². The summed E-state index contributed by atoms with van der Waals surface area (Å²) in [6.07, 6.45) is 0.496. The van der Waals surface area contributed by atoms with Gasteiger partial charge in [-0.1, -0.05) is 26.8 Å². The lowest BCUT2D eigenvalue weighted by atomic mass is 9.94. The lowest BCUT2D eigenvalue weighted by Crippen LogP contribution is -2.21. The first-order valence-corrected chi connectivity index (χ1v) is 9.64. The van der Waals surface area contributed by atoms with Crippen LogP contribution in [0.2, 0.25) is 0 Å². The fourth-order valence-corrected chi connectivity index (χ4v) is 3.63. The molecule has 1 aromatic rings. The summed E-state index contributed by atoms with van der Waals surface area (Å²) in [5.74, 6) is -0.0322. The molecule has 0 heterocycles. The summed E-state index contributed by atoms with van der Waals surface area (Å²) in [6, 6.07) is 4.10. The molecule has 0 bridgehead atoms. The van der Waals surface area contributed by atoms with Gasteiger partial charge in [0.05, 0.1) is 16.3 Å². The molecule has 0 saturated heterocycles. The van der Waals surface area contributed by atoms with Gasteiger partial charge in [0.25, 0.3) is 0 Å². The fraction of sp³-hybridized carbons (Fsp3) is 0.538. The van der Waals surface area contributed by atoms with Gasteiger partial charge < -0.3 is 0 Å². The van der Waals surface area contributed by atoms with Crippen LogP contribution in [0.5, 0.6) is 0 Å². The average Bonchev–Trinajstić information content (AvgIpc) is 2.27. The highest BCUT2D eigenvalue weighted by atomic mass is 32.2. The minimum Gasteiger partial charge on any atom is -0.283 e. The quantitative estimate of drug-likeness (QED) is 0.856. The van der Waals surface area contributed by atoms with Crippen molar-refractivity contribution in [2.24, 2.45) is 10.6 Å². The zero-order chi connectivity index (χ0) is 16.5. The Kier molecular flexibility index (Phi) is 5.07. The molecule has 1 aromatic carbocycles. The molecule has 0 atom stereocenters. The van der Waals surface area contributed by atoms with Gasteiger partial charge in [0.15, 0.2) is 0 Å². The summed E-state index contributed by atoms with van der Waals surface area (Å²) in [4.78, 5) is -0.123. The van der Waals surface area contributed by atoms with Gasteiger partial charge in [-0.25, -0.2) is 22.0 Å². The second-order valence-corrected chi connectivity index (χ2v) is 9.66. The fourth-order valence-electron chi connectivity index (χ4n) is 1.55. The molecule has 0 radical (unpaired) electrons. The van der Waals surface area contributed by atoms with Crippen LogP contribution >= 0.6 is 0 Å². The third kappa shape index (κ3) is 6.03. The van der Waals surface area contributed by atoms with Crippen molar-refractivity contribution in [2.45, 2.75) is 39.0 Å². The number of hydrogen-bond donors (Lipinski definition) is 2. The highest BCUT2D eigenvalue weighted by molar-refractivity contribution is 7.92. The van der Waals surface area contributed by atoms with E-state index in [1.54, 1.807) is 6.92 Å². The molecule has 0 amide bonds. The largest absolute Gasteiger partial charge is 0.283 e. The number of primary sulfonamides is 1. The summed E-state index contributed by atoms with van der Waals surface area (Å²) in [6.45, 7) is 7.55. The van der Waals surface area contributed by atoms with Crippen molar-refractivity contribution in [2.75, 3.05) is 10.5 Å². The van der Waals surface area contributed by atoms with E-state index < -0.39 is 20.0 Å². The third-order valence-electron chi connectivity index (χ3n) is 2.92. The van der Waals surface area contributed by atoms with Crippen molar-refractivity contribution in [3.8, 4) is 0 Å². The van der Waals surface area contributed by atoms with Gasteiger partial charge in [-0.05, 0) is 36.5 Å². The van der Waals surface area contributed by atoms with Crippen molar-refractivity contribution in [3.05, 3.63) is 23.8 Å². The molecule has 0 unspecified atom stereocenters. The lowest BCUT2D eigenvalue weighted by molar-refractivity contribution is 0.397. The Morgan fingerprint density at radius 1 is 1.14 bits per heavy atom. The van der Waals surface area contributed by atoms with E-state index in [2.05, 4.69) is 4.72 Å². The molecular weight excluding hydrogens is 312 g/mol. The molecular formula is C13H22N2O4S2. The smallest absolute Gasteiger partial charge is 0.238 e. The van der Waals surface area contributed by atoms with Gasteiger partial charge in [0, 0.05) is 0 Å². The molecule has 8 heteroatoms. The zero-order valence-corrected chi connectivity index (χ0v) is 14.3. The standard InChI is InChI=1S/C13H22N2O4S2/c1-10-5-6-11(21(14,18)19)9-12(10)15-20(16,17)8-7-13(2,3)4/h5-6,9,15H,7-8H2,1-4H3,(H2,14,18,19). The molecule has 0 aliphatic carbocycles. The Morgan fingerprint density at radius 3 is 2.19 bits per heavy atom. The van der Waals surface area contributed by atoms with Gasteiger partial charge in [0.2, 0.25) is 20.0 Å². The van der Waals surface area contributed by atoms with E-state index in [9.17, 15) is 16.8 Å². The van der Waals surface area contributed by atoms with E-state index in [0.717, 1.165) is 0 Å². The predicted octanol–water partition coefficient (Wildman–Crippen LogP) is 1.82. The second-order valence-electron chi connectivity index (χ2n) is 6.25. The second kappa shape index (κ2) is 5.94. The van der Waals surface area contributed by atoms with Gasteiger partial charge in [-0.15, -0.1) is 0 Å². The van der Waals surface area contributed by atoms with Gasteiger partial charge in [0.1, 0.15) is 0 Å². The summed E-state index contributed by atoms with van der Waals surface area (Å²) >= 11 is 0. The Morgan fingerprint density at radius 2 is 1.71 bits per heavy atom. The molecule has 0 aliphatic heterocycles. The van der Waals surface area contributed by atoms with Crippen LogP contribution in [-0.2, 0) is 20.0 Å². The van der Waals surface area contributed by atoms with E-state index in [0.29, 0.717) is 12.0 Å². The lowest BCUT2D eigenvalue weighted by Gasteiger charge is -2.18. The molecule has 120 valence electrons. The Hall–Kier alpha value is -1.12. The number of nitrogens with one attached hydrogen (secondary N) is 1. The molecule has 0 aromatic heterocycles. The number of benzene rings is 1. The monoisotopic (exact) mass is 334 g/mol. The Labute approximate surface area is 126 Å². The minimum atomic E-state index is -3.87. The molecule has 21 heavy (non-hydrogen) atoms. The molecule has 6 nitrogen and oxygen atoms in total. The number of rotatable bonds is 5. The molecule has 0 saturated carbocycles. The van der Waals surface area contributed by atoms with Crippen molar-refractivity contribution in [3.63, 3.8) is 0 Å². The van der Waals surface area contributed by atoms with Crippen molar-refractivity contribution in [1.29, 1.82) is 0 Å². The zero-order valence-electron chi connectivity index (χ0n) is 12.7. The van der Waals surface area contributed by atoms with Crippen molar-refractivity contribution in [1.82, 2.24) is 0 Å². The summed E-state index contributed by atoms with van der Waals surface area (Å²) in [7, 11) is -7.41. The van der Waals surface area contributed by atoms with Crippen LogP contribution in [0, 0.1) is 12.3 Å². The first-order chi connectivity index (χ1) is 9.30. The number of hydrogen-bond acceptors (Lipinski definition) is 4. The maximum Gasteiger partial charge on any atom is 0.238 e. The summed E-state index contributed by atoms with van der Waals surface area (Å²) in [5, 5.41) is 5.05. The Balaban J connectivity index is 3.02. The molecule has 3 N–H and O–H groups in total. The minimum absolute atomic E-state index is 0.0322. The summed E-state index contributed by atoms with van der Waals surface area (Å²) < 4.78 is 49.2. The number of aryl methyl sites for hydroxylation is 1. The maximum absolute atomic E-state index is 12.1. The van der Waals surface area contributed by atoms with Crippen LogP contribution in [0.25, 0.3) is 0 Å².